The molecule has 0 saturated carbocycles. The number of benzene rings is 3. The van der Waals surface area contributed by atoms with Gasteiger partial charge in [-0.25, -0.2) is 9.19 Å². The maximum absolute atomic E-state index is 13.3. The molecule has 2 unspecified atom stereocenters. The Morgan fingerprint density at radius 3 is 1.93 bits per heavy atom. The van der Waals surface area contributed by atoms with Crippen LogP contribution in [0, 0.1) is 21.4 Å². The van der Waals surface area contributed by atoms with E-state index in [1.165, 1.54) is 5.56 Å². The van der Waals surface area contributed by atoms with Gasteiger partial charge in [0.15, 0.2) is 0 Å². The largest absolute Gasteiger partial charge is 0.337 e. The van der Waals surface area contributed by atoms with Gasteiger partial charge in [0.05, 0.1) is 28.6 Å². The van der Waals surface area contributed by atoms with Gasteiger partial charge in [-0.05, 0) is 71.3 Å². The number of imidazole rings is 1. The number of aromatic nitrogens is 2. The first-order chi connectivity index (χ1) is 19.8. The molecule has 0 aliphatic heterocycles. The average molecular weight is 648 g/mol. The minimum absolute atomic E-state index is 0.0227. The lowest BCUT2D eigenvalue weighted by Crippen LogP contribution is -2.29. The Morgan fingerprint density at radius 2 is 1.50 bits per heavy atom. The number of hydrogen-bond acceptors (Lipinski definition) is 5. The highest BCUT2D eigenvalue weighted by molar-refractivity contribution is 7.85. The molecule has 8 nitrogen and oxygen atoms in total. The van der Waals surface area contributed by atoms with Crippen LogP contribution in [-0.2, 0) is 34.6 Å². The fourth-order valence-corrected chi connectivity index (χ4v) is 6.38. The van der Waals surface area contributed by atoms with Crippen LogP contribution in [0.2, 0.25) is 15.1 Å². The molecule has 0 fully saturated rings. The first kappa shape index (κ1) is 33.1. The molecule has 1 heterocycles. The number of halogens is 3. The molecule has 0 bridgehead atoms. The molecular formula is C30H29Cl3N4O4S. The highest BCUT2D eigenvalue weighted by Gasteiger charge is 2.34. The van der Waals surface area contributed by atoms with E-state index in [0.717, 1.165) is 10.5 Å². The monoisotopic (exact) mass is 646 g/mol. The van der Waals surface area contributed by atoms with Crippen molar-refractivity contribution in [3.05, 3.63) is 121 Å². The zero-order chi connectivity index (χ0) is 31.1. The number of nitriles is 1. The summed E-state index contributed by atoms with van der Waals surface area (Å²) in [5, 5.41) is 25.5. The van der Waals surface area contributed by atoms with Gasteiger partial charge in [-0.3, -0.25) is 0 Å². The van der Waals surface area contributed by atoms with Gasteiger partial charge in [0.25, 0.3) is 5.09 Å². The van der Waals surface area contributed by atoms with E-state index >= 15 is 0 Å². The first-order valence-corrected chi connectivity index (χ1v) is 15.0. The van der Waals surface area contributed by atoms with Crippen molar-refractivity contribution < 1.29 is 14.5 Å². The predicted octanol–water partition coefficient (Wildman–Crippen LogP) is 8.05. The normalized spacial score (nSPS) is 13.3. The Morgan fingerprint density at radius 1 is 1.00 bits per heavy atom. The van der Waals surface area contributed by atoms with Crippen LogP contribution in [0.15, 0.2) is 89.2 Å². The smallest absolute Gasteiger partial charge is 0.291 e. The molecule has 0 radical (unpaired) electrons. The highest BCUT2D eigenvalue weighted by atomic mass is 35.5. The number of rotatable bonds is 8. The Labute approximate surface area is 262 Å². The molecule has 12 heteroatoms. The van der Waals surface area contributed by atoms with Crippen molar-refractivity contribution in [3.63, 3.8) is 0 Å². The summed E-state index contributed by atoms with van der Waals surface area (Å²) < 4.78 is 15.3. The van der Waals surface area contributed by atoms with Gasteiger partial charge in [-0.1, -0.05) is 79.8 Å². The highest BCUT2D eigenvalue weighted by Crippen LogP contribution is 2.39. The third-order valence-electron chi connectivity index (χ3n) is 6.71. The topological polar surface area (TPSA) is 122 Å². The minimum atomic E-state index is -1.50. The Kier molecular flexibility index (Phi) is 11.2. The molecule has 1 aromatic heterocycles. The quantitative estimate of drug-likeness (QED) is 0.153. The van der Waals surface area contributed by atoms with Crippen molar-refractivity contribution in [2.75, 3.05) is 0 Å². The summed E-state index contributed by atoms with van der Waals surface area (Å²) >= 11 is 19.2. The van der Waals surface area contributed by atoms with Gasteiger partial charge in [-0.15, -0.1) is 10.1 Å². The number of nitrogens with zero attached hydrogens (tertiary/aromatic N) is 4. The second kappa shape index (κ2) is 14.2. The summed E-state index contributed by atoms with van der Waals surface area (Å²) in [7, 11) is -1.35. The number of hydrogen-bond donors (Lipinski definition) is 1. The lowest BCUT2D eigenvalue weighted by Gasteiger charge is -2.29. The average Bonchev–Trinajstić information content (AvgIpc) is 3.45. The molecule has 0 saturated heterocycles. The van der Waals surface area contributed by atoms with Crippen LogP contribution < -0.4 is 0 Å². The molecule has 0 aliphatic carbocycles. The number of aryl methyl sites for hydroxylation is 1. The predicted molar refractivity (Wildman–Crippen MR) is 164 cm³/mol. The zero-order valence-electron chi connectivity index (χ0n) is 23.1. The molecule has 0 spiro atoms. The molecule has 2 atom stereocenters. The van der Waals surface area contributed by atoms with Crippen molar-refractivity contribution in [2.24, 2.45) is 0 Å². The maximum atomic E-state index is 13.3. The fraction of sp³-hybridized carbons (Fsp3) is 0.267. The Hall–Kier alpha value is -3.42. The van der Waals surface area contributed by atoms with Gasteiger partial charge in [0.2, 0.25) is 0 Å². The van der Waals surface area contributed by atoms with E-state index in [9.17, 15) is 9.47 Å². The van der Waals surface area contributed by atoms with Crippen LogP contribution in [0.3, 0.4) is 0 Å². The molecule has 42 heavy (non-hydrogen) atoms. The van der Waals surface area contributed by atoms with Crippen molar-refractivity contribution in [1.29, 1.82) is 5.26 Å². The van der Waals surface area contributed by atoms with Gasteiger partial charge in [-0.2, -0.15) is 5.26 Å². The third-order valence-corrected chi connectivity index (χ3v) is 9.00. The van der Waals surface area contributed by atoms with Gasteiger partial charge >= 0.3 is 0 Å². The molecule has 220 valence electrons. The molecule has 1 N–H and O–H groups in total. The first-order valence-electron chi connectivity index (χ1n) is 12.7. The van der Waals surface area contributed by atoms with Gasteiger partial charge in [0, 0.05) is 43.8 Å². The molecular weight excluding hydrogens is 619 g/mol. The van der Waals surface area contributed by atoms with E-state index in [2.05, 4.69) is 31.8 Å². The summed E-state index contributed by atoms with van der Waals surface area (Å²) in [4.78, 5) is 13.9. The minimum Gasteiger partial charge on any atom is -0.337 e. The van der Waals surface area contributed by atoms with Gasteiger partial charge < -0.3 is 9.77 Å². The molecule has 0 aliphatic rings. The fourth-order valence-electron chi connectivity index (χ4n) is 4.39. The zero-order valence-corrected chi connectivity index (χ0v) is 26.2. The van der Waals surface area contributed by atoms with E-state index in [1.54, 1.807) is 24.7 Å². The third kappa shape index (κ3) is 8.55. The van der Waals surface area contributed by atoms with Crippen LogP contribution in [0.5, 0.6) is 0 Å². The standard InChI is InChI=1S/C30H28Cl3N3OS.HNO3/c1-29(2,3)21-4-8-24(9-5-21)38(37)25-10-6-22(7-11-25)30(19-34,12-14-36-15-13-35-20-36)18-26-27(32)16-23(31)17-28(26)33;2-1(3)4/h4-11,13,15-17,20H,12,14,18H2,1-3H3;(H,2,3,4). The van der Waals surface area contributed by atoms with E-state index in [4.69, 9.17) is 50.1 Å². The lowest BCUT2D eigenvalue weighted by molar-refractivity contribution is -0.742. The van der Waals surface area contributed by atoms with Crippen molar-refractivity contribution in [3.8, 4) is 6.07 Å². The van der Waals surface area contributed by atoms with Crippen molar-refractivity contribution in [2.45, 2.75) is 60.8 Å². The van der Waals surface area contributed by atoms with Crippen molar-refractivity contribution in [1.82, 2.24) is 9.55 Å². The summed E-state index contributed by atoms with van der Waals surface area (Å²) in [6.07, 6.45) is 6.08. The van der Waals surface area contributed by atoms with Crippen LogP contribution in [0.1, 0.15) is 43.9 Å². The molecule has 4 rings (SSSR count). The van der Waals surface area contributed by atoms with E-state index in [-0.39, 0.29) is 5.41 Å². The summed E-state index contributed by atoms with van der Waals surface area (Å²) in [6.45, 7) is 7.02. The van der Waals surface area contributed by atoms with Crippen LogP contribution in [-0.4, -0.2) is 24.1 Å². The summed E-state index contributed by atoms with van der Waals surface area (Å²) in [5.74, 6) is 0. The SMILES string of the molecule is CC(C)(C)c1ccc(S(=O)c2ccc(C(C#N)(CCn3ccnc3)Cc3c(Cl)cc(Cl)cc3Cl)cc2)cc1.O=[N+]([O-])O. The molecule has 4 aromatic rings. The van der Waals surface area contributed by atoms with Crippen LogP contribution in [0.25, 0.3) is 0 Å². The van der Waals surface area contributed by atoms with E-state index < -0.39 is 21.3 Å². The van der Waals surface area contributed by atoms with Crippen LogP contribution >= 0.6 is 34.8 Å². The van der Waals surface area contributed by atoms with Crippen molar-refractivity contribution >= 4 is 45.6 Å². The van der Waals surface area contributed by atoms with Gasteiger partial charge in [0.1, 0.15) is 0 Å². The molecule has 0 amide bonds. The Bertz CT molecular complexity index is 1560. The Balaban J connectivity index is 0.00000114. The maximum Gasteiger partial charge on any atom is 0.291 e. The van der Waals surface area contributed by atoms with E-state index in [0.29, 0.717) is 44.9 Å². The lowest BCUT2D eigenvalue weighted by atomic mass is 9.74. The van der Waals surface area contributed by atoms with E-state index in [1.807, 2.05) is 59.3 Å². The van der Waals surface area contributed by atoms with Crippen LogP contribution in [0.4, 0.5) is 0 Å². The summed E-state index contributed by atoms with van der Waals surface area (Å²) in [5.41, 5.74) is 1.72. The second-order valence-electron chi connectivity index (χ2n) is 10.6. The second-order valence-corrected chi connectivity index (χ2v) is 13.3. The molecule has 3 aromatic carbocycles. The summed E-state index contributed by atoms with van der Waals surface area (Å²) in [6, 6.07) is 21.1.